The first-order chi connectivity index (χ1) is 27.4. The van der Waals surface area contributed by atoms with Crippen LogP contribution in [0, 0.1) is 0 Å². The summed E-state index contributed by atoms with van der Waals surface area (Å²) in [5, 5.41) is 0. The second-order valence-corrected chi connectivity index (χ2v) is 14.0. The molecule has 6 aromatic rings. The van der Waals surface area contributed by atoms with Crippen molar-refractivity contribution in [1.82, 2.24) is 19.6 Å². The van der Waals surface area contributed by atoms with Crippen LogP contribution in [0.25, 0.3) is 0 Å². The van der Waals surface area contributed by atoms with Gasteiger partial charge in [-0.25, -0.2) is 0 Å². The smallest absolute Gasteiger partial charge is 0.254 e. The van der Waals surface area contributed by atoms with Crippen LogP contribution in [0.15, 0.2) is 170 Å². The van der Waals surface area contributed by atoms with E-state index in [1.165, 1.54) is 0 Å². The van der Waals surface area contributed by atoms with E-state index in [1.54, 1.807) is 68.1 Å². The molecule has 280 valence electrons. The van der Waals surface area contributed by atoms with Gasteiger partial charge in [0.25, 0.3) is 23.6 Å². The van der Waals surface area contributed by atoms with Crippen LogP contribution in [0.5, 0.6) is 0 Å². The van der Waals surface area contributed by atoms with Gasteiger partial charge in [-0.1, -0.05) is 121 Å². The standard InChI is InChI=1S/C48H44N4O4/c53-45-41-21-23-42(24-22-41)47(55)51(35-39-17-9-3-10-18-39)31-32-52(36-40-19-11-4-12-20-40)48(56)44-27-25-43(26-28-44)46(54)50(34-38-15-7-2-8-16-38)30-29-49(45)33-37-13-5-1-6-14-37/h1-28H,29-36H2. The molecule has 0 saturated carbocycles. The first-order valence-electron chi connectivity index (χ1n) is 18.9. The van der Waals surface area contributed by atoms with E-state index in [9.17, 15) is 19.2 Å². The average Bonchev–Trinajstić information content (AvgIpc) is 3.26. The number of hydrogen-bond acceptors (Lipinski definition) is 4. The van der Waals surface area contributed by atoms with Crippen LogP contribution in [0.2, 0.25) is 0 Å². The zero-order chi connectivity index (χ0) is 38.7. The van der Waals surface area contributed by atoms with Crippen LogP contribution in [0.3, 0.4) is 0 Å². The summed E-state index contributed by atoms with van der Waals surface area (Å²) in [6.07, 6.45) is 0. The highest BCUT2D eigenvalue weighted by atomic mass is 16.2. The molecule has 6 aromatic carbocycles. The third-order valence-corrected chi connectivity index (χ3v) is 10.1. The Bertz CT molecular complexity index is 1910. The fourth-order valence-corrected chi connectivity index (χ4v) is 6.95. The van der Waals surface area contributed by atoms with Crippen LogP contribution < -0.4 is 0 Å². The minimum atomic E-state index is -0.199. The molecule has 0 atom stereocenters. The van der Waals surface area contributed by atoms with Gasteiger partial charge in [0.1, 0.15) is 0 Å². The molecule has 4 aliphatic heterocycles. The van der Waals surface area contributed by atoms with E-state index in [1.807, 2.05) is 121 Å². The van der Waals surface area contributed by atoms with Crippen LogP contribution in [0.1, 0.15) is 63.7 Å². The topological polar surface area (TPSA) is 81.2 Å². The number of carbonyl (C=O) groups is 4. The summed E-state index contributed by atoms with van der Waals surface area (Å²) in [5.74, 6) is -0.797. The Morgan fingerprint density at radius 2 is 0.446 bits per heavy atom. The van der Waals surface area contributed by atoms with E-state index in [0.717, 1.165) is 22.3 Å². The number of amides is 4. The van der Waals surface area contributed by atoms with Gasteiger partial charge in [0.05, 0.1) is 0 Å². The highest BCUT2D eigenvalue weighted by Gasteiger charge is 2.25. The Morgan fingerprint density at radius 1 is 0.268 bits per heavy atom. The second-order valence-electron chi connectivity index (χ2n) is 14.0. The van der Waals surface area contributed by atoms with Gasteiger partial charge in [-0.2, -0.15) is 0 Å². The van der Waals surface area contributed by atoms with Crippen LogP contribution >= 0.6 is 0 Å². The lowest BCUT2D eigenvalue weighted by Gasteiger charge is -2.30. The summed E-state index contributed by atoms with van der Waals surface area (Å²) in [7, 11) is 0. The highest BCUT2D eigenvalue weighted by molar-refractivity contribution is 5.99. The third kappa shape index (κ3) is 9.46. The van der Waals surface area contributed by atoms with Gasteiger partial charge in [-0.3, -0.25) is 19.2 Å². The largest absolute Gasteiger partial charge is 0.333 e. The summed E-state index contributed by atoms with van der Waals surface area (Å²) in [5.41, 5.74) is 5.61. The Balaban J connectivity index is 1.27. The fourth-order valence-electron chi connectivity index (χ4n) is 6.95. The molecular weight excluding hydrogens is 697 g/mol. The number of carbonyl (C=O) groups excluding carboxylic acids is 4. The molecule has 4 aliphatic rings. The van der Waals surface area contributed by atoms with Crippen molar-refractivity contribution in [3.05, 3.63) is 214 Å². The van der Waals surface area contributed by atoms with Crippen molar-refractivity contribution >= 4 is 23.6 Å². The molecular formula is C48H44N4O4. The monoisotopic (exact) mass is 740 g/mol. The highest BCUT2D eigenvalue weighted by Crippen LogP contribution is 2.19. The lowest BCUT2D eigenvalue weighted by Crippen LogP contribution is -2.41. The van der Waals surface area contributed by atoms with Gasteiger partial charge in [0, 0.05) is 74.6 Å². The van der Waals surface area contributed by atoms with E-state index in [4.69, 9.17) is 0 Å². The SMILES string of the molecule is O=C1c2ccc(cc2)C(=O)N(Cc2ccccc2)CCN(Cc2ccccc2)C(=O)c2ccc(cc2)C(=O)N(Cc2ccccc2)CCN1Cc1ccccc1. The zero-order valence-corrected chi connectivity index (χ0v) is 31.2. The summed E-state index contributed by atoms with van der Waals surface area (Å²) >= 11 is 0. The van der Waals surface area contributed by atoms with E-state index < -0.39 is 0 Å². The molecule has 8 nitrogen and oxygen atoms in total. The fraction of sp³-hybridized carbons (Fsp3) is 0.167. The molecule has 4 amide bonds. The van der Waals surface area contributed by atoms with Gasteiger partial charge in [0.15, 0.2) is 0 Å². The van der Waals surface area contributed by atoms with Gasteiger partial charge in [0.2, 0.25) is 0 Å². The quantitative estimate of drug-likeness (QED) is 0.159. The molecule has 0 radical (unpaired) electrons. The number of rotatable bonds is 8. The normalized spacial score (nSPS) is 14.4. The molecule has 0 spiro atoms. The maximum Gasteiger partial charge on any atom is 0.254 e. The van der Waals surface area contributed by atoms with E-state index in [-0.39, 0.29) is 49.8 Å². The lowest BCUT2D eigenvalue weighted by atomic mass is 10.1. The summed E-state index contributed by atoms with van der Waals surface area (Å²) in [4.78, 5) is 64.1. The van der Waals surface area contributed by atoms with Gasteiger partial charge in [-0.05, 0) is 70.8 Å². The van der Waals surface area contributed by atoms with Gasteiger partial charge in [-0.15, -0.1) is 0 Å². The third-order valence-electron chi connectivity index (χ3n) is 10.1. The van der Waals surface area contributed by atoms with Crippen molar-refractivity contribution < 1.29 is 19.2 Å². The minimum Gasteiger partial charge on any atom is -0.333 e. The Labute approximate surface area is 328 Å². The minimum absolute atomic E-state index is 0.199. The van der Waals surface area contributed by atoms with E-state index in [2.05, 4.69) is 0 Å². The van der Waals surface area contributed by atoms with Crippen molar-refractivity contribution in [2.45, 2.75) is 26.2 Å². The first-order valence-corrected chi connectivity index (χ1v) is 18.9. The number of benzene rings is 6. The maximum absolute atomic E-state index is 14.3. The summed E-state index contributed by atoms with van der Waals surface area (Å²) in [6.45, 7) is 2.44. The number of nitrogens with zero attached hydrogens (tertiary/aromatic N) is 4. The van der Waals surface area contributed by atoms with Gasteiger partial charge >= 0.3 is 0 Å². The first kappa shape index (κ1) is 37.5. The van der Waals surface area contributed by atoms with Crippen molar-refractivity contribution in [2.75, 3.05) is 26.2 Å². The molecule has 4 heterocycles. The summed E-state index contributed by atoms with van der Waals surface area (Å²) < 4.78 is 0. The van der Waals surface area contributed by atoms with Crippen molar-refractivity contribution in [2.24, 2.45) is 0 Å². The van der Waals surface area contributed by atoms with Crippen LogP contribution in [-0.2, 0) is 26.2 Å². The van der Waals surface area contributed by atoms with Crippen molar-refractivity contribution in [3.8, 4) is 0 Å². The molecule has 56 heavy (non-hydrogen) atoms. The molecule has 0 fully saturated rings. The predicted molar refractivity (Wildman–Crippen MR) is 218 cm³/mol. The molecule has 0 aliphatic carbocycles. The Hall–Kier alpha value is -6.80. The molecule has 8 heteroatoms. The van der Waals surface area contributed by atoms with E-state index >= 15 is 0 Å². The average molecular weight is 741 g/mol. The van der Waals surface area contributed by atoms with Crippen molar-refractivity contribution in [3.63, 3.8) is 0 Å². The Morgan fingerprint density at radius 3 is 0.625 bits per heavy atom. The maximum atomic E-state index is 14.3. The molecule has 10 rings (SSSR count). The molecule has 4 bridgehead atoms. The van der Waals surface area contributed by atoms with E-state index in [0.29, 0.717) is 48.4 Å². The van der Waals surface area contributed by atoms with Gasteiger partial charge < -0.3 is 19.6 Å². The molecule has 0 N–H and O–H groups in total. The number of hydrogen-bond donors (Lipinski definition) is 0. The lowest BCUT2D eigenvalue weighted by molar-refractivity contribution is 0.0640. The molecule has 0 saturated heterocycles. The zero-order valence-electron chi connectivity index (χ0n) is 31.2. The summed E-state index contributed by atoms with van der Waals surface area (Å²) in [6, 6.07) is 52.7. The van der Waals surface area contributed by atoms with Crippen LogP contribution in [-0.4, -0.2) is 69.4 Å². The molecule has 0 unspecified atom stereocenters. The molecule has 0 aromatic heterocycles. The van der Waals surface area contributed by atoms with Crippen molar-refractivity contribution in [1.29, 1.82) is 0 Å². The second kappa shape index (κ2) is 18.0. The Kier molecular flexibility index (Phi) is 12.1. The predicted octanol–water partition coefficient (Wildman–Crippen LogP) is 7.97. The van der Waals surface area contributed by atoms with Crippen LogP contribution in [0.4, 0.5) is 0 Å².